The Bertz CT molecular complexity index is 614. The van der Waals surface area contributed by atoms with Crippen LogP contribution in [0, 0.1) is 0 Å². The first-order valence-electron chi connectivity index (χ1n) is 8.01. The maximum atomic E-state index is 12.1. The molecule has 5 nitrogen and oxygen atoms in total. The Morgan fingerprint density at radius 1 is 1.17 bits per heavy atom. The summed E-state index contributed by atoms with van der Waals surface area (Å²) in [7, 11) is -3.12. The molecule has 0 bridgehead atoms. The summed E-state index contributed by atoms with van der Waals surface area (Å²) >= 11 is 1.77. The highest BCUT2D eigenvalue weighted by atomic mass is 32.2. The normalized spacial score (nSPS) is 13.2. The molecule has 2 N–H and O–H groups in total. The molecule has 0 fully saturated rings. The van der Waals surface area contributed by atoms with E-state index in [9.17, 15) is 8.42 Å². The monoisotopic (exact) mass is 359 g/mol. The van der Waals surface area contributed by atoms with Crippen LogP contribution in [0.15, 0.2) is 17.1 Å². The van der Waals surface area contributed by atoms with Crippen molar-refractivity contribution in [2.75, 3.05) is 18.8 Å². The predicted octanol–water partition coefficient (Wildman–Crippen LogP) is 2.58. The third kappa shape index (κ3) is 6.51. The Morgan fingerprint density at radius 3 is 2.35 bits per heavy atom. The van der Waals surface area contributed by atoms with Gasteiger partial charge in [-0.25, -0.2) is 13.4 Å². The lowest BCUT2D eigenvalue weighted by Gasteiger charge is -2.19. The fourth-order valence-corrected chi connectivity index (χ4v) is 3.67. The number of guanidine groups is 1. The number of hydrogen-bond donors (Lipinski definition) is 2. The first-order valence-corrected chi connectivity index (χ1v) is 10.5. The van der Waals surface area contributed by atoms with E-state index in [0.717, 1.165) is 13.0 Å². The van der Waals surface area contributed by atoms with Gasteiger partial charge in [-0.2, -0.15) is 0 Å². The molecule has 0 amide bonds. The van der Waals surface area contributed by atoms with Crippen LogP contribution in [0.25, 0.3) is 0 Å². The maximum Gasteiger partial charge on any atom is 0.191 e. The van der Waals surface area contributed by atoms with Crippen LogP contribution in [-0.4, -0.2) is 38.0 Å². The molecule has 0 saturated carbocycles. The van der Waals surface area contributed by atoms with Crippen molar-refractivity contribution >= 4 is 27.1 Å². The molecule has 7 heteroatoms. The Hall–Kier alpha value is -1.08. The molecule has 132 valence electrons. The minimum absolute atomic E-state index is 0.0971. The third-order valence-electron chi connectivity index (χ3n) is 3.40. The highest BCUT2D eigenvalue weighted by Gasteiger charge is 2.28. The van der Waals surface area contributed by atoms with Crippen LogP contribution in [0.2, 0.25) is 0 Å². The van der Waals surface area contributed by atoms with Gasteiger partial charge in [-0.3, -0.25) is 0 Å². The lowest BCUT2D eigenvalue weighted by atomic mass is 10.3. The van der Waals surface area contributed by atoms with Crippen molar-refractivity contribution < 1.29 is 8.42 Å². The highest BCUT2D eigenvalue weighted by Crippen LogP contribution is 2.17. The Morgan fingerprint density at radius 2 is 1.83 bits per heavy atom. The fraction of sp³-hybridized carbons (Fsp3) is 0.688. The van der Waals surface area contributed by atoms with E-state index in [-0.39, 0.29) is 5.75 Å². The molecule has 1 heterocycles. The summed E-state index contributed by atoms with van der Waals surface area (Å²) in [5.74, 6) is 0.753. The van der Waals surface area contributed by atoms with Crippen LogP contribution in [0.5, 0.6) is 0 Å². The van der Waals surface area contributed by atoms with E-state index < -0.39 is 14.6 Å². The molecular weight excluding hydrogens is 330 g/mol. The molecular formula is C16H29N3O2S2. The van der Waals surface area contributed by atoms with Gasteiger partial charge in [-0.1, -0.05) is 6.92 Å². The Balaban J connectivity index is 2.59. The molecule has 0 aliphatic heterocycles. The summed E-state index contributed by atoms with van der Waals surface area (Å²) in [6, 6.07) is 4.23. The van der Waals surface area contributed by atoms with Crippen LogP contribution in [0.1, 0.15) is 44.4 Å². The molecule has 0 radical (unpaired) electrons. The zero-order chi connectivity index (χ0) is 17.5. The number of rotatable bonds is 7. The Labute approximate surface area is 144 Å². The topological polar surface area (TPSA) is 70.6 Å². The van der Waals surface area contributed by atoms with Gasteiger partial charge in [0.15, 0.2) is 15.8 Å². The molecule has 1 aromatic heterocycles. The lowest BCUT2D eigenvalue weighted by molar-refractivity contribution is 0.559. The van der Waals surface area contributed by atoms with Gasteiger partial charge >= 0.3 is 0 Å². The van der Waals surface area contributed by atoms with Crippen molar-refractivity contribution in [1.29, 1.82) is 0 Å². The number of aliphatic imine (C=N–C) groups is 1. The first-order chi connectivity index (χ1) is 10.7. The van der Waals surface area contributed by atoms with Crippen LogP contribution in [0.3, 0.4) is 0 Å². The van der Waals surface area contributed by atoms with E-state index in [4.69, 9.17) is 0 Å². The van der Waals surface area contributed by atoms with Gasteiger partial charge in [-0.15, -0.1) is 11.3 Å². The van der Waals surface area contributed by atoms with Gasteiger partial charge in [0.25, 0.3) is 0 Å². The second-order valence-corrected chi connectivity index (χ2v) is 10.4. The average Bonchev–Trinajstić information content (AvgIpc) is 2.91. The van der Waals surface area contributed by atoms with Gasteiger partial charge in [0.2, 0.25) is 0 Å². The number of nitrogens with one attached hydrogen (secondary N) is 2. The summed E-state index contributed by atoms with van der Waals surface area (Å²) < 4.78 is 23.5. The van der Waals surface area contributed by atoms with Crippen molar-refractivity contribution in [1.82, 2.24) is 10.6 Å². The zero-order valence-electron chi connectivity index (χ0n) is 14.8. The van der Waals surface area contributed by atoms with Crippen LogP contribution >= 0.6 is 11.3 Å². The number of nitrogens with zero attached hydrogens (tertiary/aromatic N) is 1. The predicted molar refractivity (Wildman–Crippen MR) is 100 cm³/mol. The standard InChI is InChI=1S/C16H29N3O2S2/c1-6-13-8-9-14(22-13)12-19-15(17-7-2)18-10-11-23(20,21)16(3,4)5/h8-9H,6-7,10-12H2,1-5H3,(H2,17,18,19). The summed E-state index contributed by atoms with van der Waals surface area (Å²) in [6.07, 6.45) is 1.04. The van der Waals surface area contributed by atoms with E-state index in [2.05, 4.69) is 34.7 Å². The highest BCUT2D eigenvalue weighted by molar-refractivity contribution is 7.92. The molecule has 0 aliphatic rings. The molecule has 0 spiro atoms. The van der Waals surface area contributed by atoms with Crippen LogP contribution < -0.4 is 10.6 Å². The number of thiophene rings is 1. The molecule has 23 heavy (non-hydrogen) atoms. The van der Waals surface area contributed by atoms with E-state index in [0.29, 0.717) is 19.0 Å². The quantitative estimate of drug-likeness (QED) is 0.580. The fourth-order valence-electron chi connectivity index (χ4n) is 1.81. The SMILES string of the molecule is CCNC(=NCc1ccc(CC)s1)NCCS(=O)(=O)C(C)(C)C. The molecule has 0 unspecified atom stereocenters. The van der Waals surface area contributed by atoms with Crippen molar-refractivity contribution in [2.24, 2.45) is 4.99 Å². The lowest BCUT2D eigenvalue weighted by Crippen LogP contribution is -2.41. The average molecular weight is 360 g/mol. The number of hydrogen-bond acceptors (Lipinski definition) is 4. The van der Waals surface area contributed by atoms with Crippen molar-refractivity contribution in [3.8, 4) is 0 Å². The Kier molecular flexibility index (Phi) is 7.54. The molecule has 0 aliphatic carbocycles. The molecule has 1 aromatic rings. The van der Waals surface area contributed by atoms with Gasteiger partial charge in [-0.05, 0) is 46.2 Å². The van der Waals surface area contributed by atoms with Gasteiger partial charge in [0.1, 0.15) is 0 Å². The first kappa shape index (κ1) is 20.0. The van der Waals surface area contributed by atoms with Crippen LogP contribution in [-0.2, 0) is 22.8 Å². The molecule has 0 atom stereocenters. The van der Waals surface area contributed by atoms with Crippen molar-refractivity contribution in [3.05, 3.63) is 21.9 Å². The number of sulfone groups is 1. The van der Waals surface area contributed by atoms with Gasteiger partial charge in [0, 0.05) is 22.8 Å². The minimum Gasteiger partial charge on any atom is -0.357 e. The maximum absolute atomic E-state index is 12.1. The zero-order valence-corrected chi connectivity index (χ0v) is 16.4. The molecule has 0 saturated heterocycles. The smallest absolute Gasteiger partial charge is 0.191 e. The summed E-state index contributed by atoms with van der Waals surface area (Å²) in [4.78, 5) is 7.08. The second-order valence-electron chi connectivity index (χ2n) is 6.27. The van der Waals surface area contributed by atoms with E-state index >= 15 is 0 Å². The van der Waals surface area contributed by atoms with E-state index in [1.54, 1.807) is 32.1 Å². The summed E-state index contributed by atoms with van der Waals surface area (Å²) in [5, 5.41) is 6.25. The summed E-state index contributed by atoms with van der Waals surface area (Å²) in [6.45, 7) is 11.0. The van der Waals surface area contributed by atoms with Crippen LogP contribution in [0.4, 0.5) is 0 Å². The largest absolute Gasteiger partial charge is 0.357 e. The van der Waals surface area contributed by atoms with E-state index in [1.807, 2.05) is 6.92 Å². The van der Waals surface area contributed by atoms with Gasteiger partial charge in [0.05, 0.1) is 17.0 Å². The van der Waals surface area contributed by atoms with E-state index in [1.165, 1.54) is 9.75 Å². The van der Waals surface area contributed by atoms with Gasteiger partial charge < -0.3 is 10.6 Å². The molecule has 0 aromatic carbocycles. The third-order valence-corrected chi connectivity index (χ3v) is 7.22. The van der Waals surface area contributed by atoms with Crippen molar-refractivity contribution in [3.63, 3.8) is 0 Å². The van der Waals surface area contributed by atoms with Crippen molar-refractivity contribution in [2.45, 2.75) is 52.3 Å². The second kappa shape index (κ2) is 8.68. The molecule has 1 rings (SSSR count). The summed E-state index contributed by atoms with van der Waals surface area (Å²) in [5.41, 5.74) is 0. The minimum atomic E-state index is -3.12. The number of aryl methyl sites for hydroxylation is 1.